The minimum atomic E-state index is -1.66. The van der Waals surface area contributed by atoms with Gasteiger partial charge in [-0.15, -0.1) is 0 Å². The molecule has 15 heteroatoms. The molecule has 66 heavy (non-hydrogen) atoms. The van der Waals surface area contributed by atoms with Crippen LogP contribution in [0.2, 0.25) is 0 Å². The van der Waals surface area contributed by atoms with E-state index < -0.39 is 87.7 Å². The molecule has 6 unspecified atom stereocenters. The van der Waals surface area contributed by atoms with E-state index in [-0.39, 0.29) is 17.2 Å². The number of aryl methyl sites for hydroxylation is 3. The molecule has 0 aliphatic rings. The zero-order valence-corrected chi connectivity index (χ0v) is 41.8. The zero-order chi connectivity index (χ0) is 50.5. The van der Waals surface area contributed by atoms with E-state index in [1.807, 2.05) is 62.3 Å². The van der Waals surface area contributed by atoms with Crippen molar-refractivity contribution in [3.63, 3.8) is 0 Å². The Hall–Kier alpha value is -6.12. The van der Waals surface area contributed by atoms with Gasteiger partial charge in [0.15, 0.2) is 18.7 Å². The molecule has 0 amide bonds. The number of ether oxygens (including phenoxy) is 3. The van der Waals surface area contributed by atoms with Gasteiger partial charge in [0.2, 0.25) is 0 Å². The highest BCUT2D eigenvalue weighted by Crippen LogP contribution is 2.39. The summed E-state index contributed by atoms with van der Waals surface area (Å²) in [4.78, 5) is 84.8. The third-order valence-electron chi connectivity index (χ3n) is 12.1. The lowest BCUT2D eigenvalue weighted by atomic mass is 9.82. The molecular formula is C51H69N3O12. The van der Waals surface area contributed by atoms with Gasteiger partial charge in [0.05, 0.1) is 17.8 Å². The Kier molecular flexibility index (Phi) is 15.1. The molecule has 4 rings (SSSR count). The second-order valence-electron chi connectivity index (χ2n) is 20.7. The fourth-order valence-electron chi connectivity index (χ4n) is 7.79. The summed E-state index contributed by atoms with van der Waals surface area (Å²) in [5.74, 6) is -5.14. The summed E-state index contributed by atoms with van der Waals surface area (Å²) in [6, 6.07) is 10.0. The third-order valence-corrected chi connectivity index (χ3v) is 12.1. The minimum Gasteiger partial charge on any atom is -0.507 e. The largest absolute Gasteiger partial charge is 0.507 e. The number of rotatable bonds is 12. The first-order valence-corrected chi connectivity index (χ1v) is 22.2. The second-order valence-corrected chi connectivity index (χ2v) is 20.7. The Labute approximate surface area is 387 Å². The van der Waals surface area contributed by atoms with Crippen LogP contribution in [-0.2, 0) is 44.8 Å². The third kappa shape index (κ3) is 10.8. The van der Waals surface area contributed by atoms with Crippen molar-refractivity contribution in [3.05, 3.63) is 118 Å². The number of esters is 3. The summed E-state index contributed by atoms with van der Waals surface area (Å²) in [6.07, 6.45) is -4.98. The van der Waals surface area contributed by atoms with Crippen LogP contribution in [0, 0.1) is 20.8 Å². The predicted octanol–water partition coefficient (Wildman–Crippen LogP) is 8.70. The Morgan fingerprint density at radius 2 is 0.621 bits per heavy atom. The lowest BCUT2D eigenvalue weighted by molar-refractivity contribution is -0.156. The molecule has 4 aromatic rings. The van der Waals surface area contributed by atoms with Crippen LogP contribution in [0.4, 0.5) is 0 Å². The van der Waals surface area contributed by atoms with Gasteiger partial charge in [-0.05, 0) is 129 Å². The number of aromatic hydroxyl groups is 3. The van der Waals surface area contributed by atoms with Crippen LogP contribution in [0.25, 0.3) is 0 Å². The fourth-order valence-corrected chi connectivity index (χ4v) is 7.79. The van der Waals surface area contributed by atoms with Gasteiger partial charge in [0.1, 0.15) is 17.2 Å². The van der Waals surface area contributed by atoms with Crippen LogP contribution in [0.5, 0.6) is 17.2 Å². The van der Waals surface area contributed by atoms with Gasteiger partial charge in [0.25, 0.3) is 0 Å². The second kappa shape index (κ2) is 19.0. The topological polar surface area (TPSA) is 206 Å². The van der Waals surface area contributed by atoms with Crippen molar-refractivity contribution in [2.45, 2.75) is 177 Å². The summed E-state index contributed by atoms with van der Waals surface area (Å²) in [5, 5.41) is 32.4. The molecule has 0 radical (unpaired) electrons. The minimum absolute atomic E-state index is 0.0867. The maximum absolute atomic E-state index is 14.4. The number of phenols is 3. The quantitative estimate of drug-likeness (QED) is 0.0902. The average Bonchev–Trinajstić information content (AvgIpc) is 3.18. The molecule has 0 bridgehead atoms. The maximum Gasteiger partial charge on any atom is 0.342 e. The summed E-state index contributed by atoms with van der Waals surface area (Å²) < 4.78 is 18.8. The molecule has 0 saturated heterocycles. The highest BCUT2D eigenvalue weighted by atomic mass is 16.6. The molecule has 0 saturated carbocycles. The van der Waals surface area contributed by atoms with Crippen molar-refractivity contribution < 1.29 is 43.9 Å². The smallest absolute Gasteiger partial charge is 0.342 e. The molecule has 0 aliphatic carbocycles. The number of aromatic nitrogens is 3. The molecule has 3 N–H and O–H groups in total. The van der Waals surface area contributed by atoms with E-state index in [2.05, 4.69) is 0 Å². The van der Waals surface area contributed by atoms with Gasteiger partial charge in [0, 0.05) is 0 Å². The number of carbonyl (C=O) groups excluding carboxylic acids is 3. The van der Waals surface area contributed by atoms with Gasteiger partial charge in [-0.3, -0.25) is 14.4 Å². The molecule has 0 spiro atoms. The molecule has 360 valence electrons. The van der Waals surface area contributed by atoms with Gasteiger partial charge in [-0.2, -0.15) is 0 Å². The van der Waals surface area contributed by atoms with Crippen molar-refractivity contribution in [1.29, 1.82) is 0 Å². The molecule has 0 fully saturated rings. The SMILES string of the molecule is Cc1cc(C(C)C(=O)OC(C)n2c(=O)n(C(C)OC(=O)C(C)c3cc(C)c(O)c(C(C)(C)C)c3)c(=O)n(C(C)OC(=O)C(C)c3cc(C)c(O)c(C(C)(C)C)c3)c2=O)cc(C(C)(C)C)c1O. The molecular weight excluding hydrogens is 847 g/mol. The van der Waals surface area contributed by atoms with Gasteiger partial charge < -0.3 is 29.5 Å². The summed E-state index contributed by atoms with van der Waals surface area (Å²) >= 11 is 0. The Bertz CT molecular complexity index is 2400. The zero-order valence-electron chi connectivity index (χ0n) is 41.8. The predicted molar refractivity (Wildman–Crippen MR) is 252 cm³/mol. The number of nitrogens with zero attached hydrogens (tertiary/aromatic N) is 3. The first-order valence-electron chi connectivity index (χ1n) is 22.2. The molecule has 3 aromatic carbocycles. The highest BCUT2D eigenvalue weighted by molar-refractivity contribution is 5.79. The maximum atomic E-state index is 14.4. The van der Waals surface area contributed by atoms with Crippen LogP contribution < -0.4 is 17.1 Å². The number of benzene rings is 3. The van der Waals surface area contributed by atoms with Crippen molar-refractivity contribution in [3.8, 4) is 17.2 Å². The normalized spacial score (nSPS) is 15.0. The van der Waals surface area contributed by atoms with Gasteiger partial charge in [-0.1, -0.05) is 98.7 Å². The Morgan fingerprint density at radius 1 is 0.424 bits per heavy atom. The first kappa shape index (κ1) is 52.5. The average molecular weight is 916 g/mol. The van der Waals surface area contributed by atoms with Crippen molar-refractivity contribution in [2.75, 3.05) is 0 Å². The van der Waals surface area contributed by atoms with Gasteiger partial charge >= 0.3 is 35.0 Å². The number of hydrogen-bond donors (Lipinski definition) is 3. The monoisotopic (exact) mass is 915 g/mol. The summed E-state index contributed by atoms with van der Waals surface area (Å²) in [5.41, 5.74) is -0.436. The molecule has 1 heterocycles. The van der Waals surface area contributed by atoms with Crippen LogP contribution in [0.3, 0.4) is 0 Å². The summed E-state index contributed by atoms with van der Waals surface area (Å²) in [6.45, 7) is 30.8. The Balaban J connectivity index is 1.82. The van der Waals surface area contributed by atoms with E-state index >= 15 is 0 Å². The van der Waals surface area contributed by atoms with E-state index in [1.54, 1.807) is 77.9 Å². The highest BCUT2D eigenvalue weighted by Gasteiger charge is 2.33. The molecule has 1 aromatic heterocycles. The molecule has 15 nitrogen and oxygen atoms in total. The van der Waals surface area contributed by atoms with E-state index in [0.29, 0.717) is 63.8 Å². The number of phenolic OH excluding ortho intramolecular Hbond substituents is 3. The van der Waals surface area contributed by atoms with Crippen LogP contribution in [0.1, 0.15) is 190 Å². The van der Waals surface area contributed by atoms with Crippen LogP contribution in [0.15, 0.2) is 50.8 Å². The molecule has 0 aliphatic heterocycles. The van der Waals surface area contributed by atoms with Crippen LogP contribution in [-0.4, -0.2) is 46.9 Å². The van der Waals surface area contributed by atoms with E-state index in [1.165, 1.54) is 20.8 Å². The number of hydrogen-bond acceptors (Lipinski definition) is 12. The first-order chi connectivity index (χ1) is 30.1. The standard InChI is InChI=1S/C51H69N3O12/c1-25-19-34(22-37(40(25)55)49(10,11)12)28(4)43(58)64-31(7)52-46(61)53(32(8)65-44(59)29(5)35-20-26(2)41(56)38(23-35)50(13,14)15)48(63)54(47(52)62)33(9)66-45(60)30(6)36-21-27(3)42(57)39(24-36)51(16,17)18/h19-24,28-33,55-57H,1-18H3. The van der Waals surface area contributed by atoms with Gasteiger partial charge in [-0.25, -0.2) is 28.1 Å². The van der Waals surface area contributed by atoms with E-state index in [9.17, 15) is 44.1 Å². The van der Waals surface area contributed by atoms with E-state index in [0.717, 1.165) is 0 Å². The van der Waals surface area contributed by atoms with Crippen molar-refractivity contribution in [2.24, 2.45) is 0 Å². The van der Waals surface area contributed by atoms with Crippen molar-refractivity contribution in [1.82, 2.24) is 13.7 Å². The lowest BCUT2D eigenvalue weighted by Crippen LogP contribution is -2.57. The fraction of sp³-hybridized carbons (Fsp3) is 0.529. The summed E-state index contributed by atoms with van der Waals surface area (Å²) in [7, 11) is 0. The lowest BCUT2D eigenvalue weighted by Gasteiger charge is -2.26. The molecule has 6 atom stereocenters. The Morgan fingerprint density at radius 3 is 0.803 bits per heavy atom. The van der Waals surface area contributed by atoms with Crippen molar-refractivity contribution >= 4 is 17.9 Å². The van der Waals surface area contributed by atoms with Crippen LogP contribution >= 0.6 is 0 Å². The number of carbonyl (C=O) groups is 3. The van der Waals surface area contributed by atoms with E-state index in [4.69, 9.17) is 14.2 Å².